The molecule has 73 heavy (non-hydrogen) atoms. The third-order valence-corrected chi connectivity index (χ3v) is 18.3. The third kappa shape index (κ3) is 6.63. The third-order valence-electron chi connectivity index (χ3n) is 17.1. The van der Waals surface area contributed by atoms with Gasteiger partial charge in [0.25, 0.3) is 6.71 Å². The van der Waals surface area contributed by atoms with E-state index in [-0.39, 0.29) is 28.4 Å². The largest absolute Gasteiger partial charge is 0.311 e. The second-order valence-electron chi connectivity index (χ2n) is 25.5. The molecule has 9 aromatic rings. The molecule has 0 spiro atoms. The Balaban J connectivity index is 1.23. The van der Waals surface area contributed by atoms with Crippen molar-refractivity contribution in [1.82, 2.24) is 0 Å². The summed E-state index contributed by atoms with van der Waals surface area (Å²) < 4.78 is 2.75. The topological polar surface area (TPSA) is 9.72 Å². The zero-order chi connectivity index (χ0) is 50.9. The number of fused-ring (bicyclic) bond motifs is 12. The predicted octanol–water partition coefficient (Wildman–Crippen LogP) is 17.3. The van der Waals surface area contributed by atoms with Crippen molar-refractivity contribution in [3.63, 3.8) is 0 Å². The summed E-state index contributed by atoms with van der Waals surface area (Å²) in [6, 6.07) is 63.6. The van der Waals surface area contributed by atoms with Gasteiger partial charge < -0.3 is 14.7 Å². The molecule has 0 fully saturated rings. The van der Waals surface area contributed by atoms with Gasteiger partial charge >= 0.3 is 0 Å². The highest BCUT2D eigenvalue weighted by Crippen LogP contribution is 2.61. The molecule has 4 aliphatic rings. The van der Waals surface area contributed by atoms with Gasteiger partial charge in [-0.2, -0.15) is 0 Å². The van der Waals surface area contributed by atoms with Crippen LogP contribution in [0.4, 0.5) is 51.2 Å². The Morgan fingerprint density at radius 1 is 0.411 bits per heavy atom. The zero-order valence-electron chi connectivity index (χ0n) is 44.9. The molecule has 3 nitrogen and oxygen atoms in total. The lowest BCUT2D eigenvalue weighted by molar-refractivity contribution is 0.590. The Hall–Kier alpha value is -6.82. The molecule has 0 amide bonds. The number of thiophene rings is 1. The highest BCUT2D eigenvalue weighted by Gasteiger charge is 2.51. The van der Waals surface area contributed by atoms with Crippen molar-refractivity contribution in [1.29, 1.82) is 0 Å². The Morgan fingerprint density at radius 3 is 1.60 bits per heavy atom. The van der Waals surface area contributed by atoms with Gasteiger partial charge in [0.15, 0.2) is 0 Å². The van der Waals surface area contributed by atoms with E-state index in [1.807, 2.05) is 11.3 Å². The van der Waals surface area contributed by atoms with E-state index in [1.54, 1.807) is 0 Å². The lowest BCUT2D eigenvalue weighted by atomic mass is 9.35. The van der Waals surface area contributed by atoms with Gasteiger partial charge in [0, 0.05) is 65.4 Å². The molecule has 0 bridgehead atoms. The fourth-order valence-electron chi connectivity index (χ4n) is 13.1. The lowest BCUT2D eigenvalue weighted by Gasteiger charge is -2.50. The van der Waals surface area contributed by atoms with Gasteiger partial charge in [-0.3, -0.25) is 0 Å². The van der Waals surface area contributed by atoms with E-state index in [1.165, 1.54) is 121 Å². The summed E-state index contributed by atoms with van der Waals surface area (Å²) in [5.41, 5.74) is 25.3. The molecule has 13 rings (SSSR count). The van der Waals surface area contributed by atoms with Crippen molar-refractivity contribution in [3.05, 3.63) is 203 Å². The number of nitrogens with zero attached hydrogens (tertiary/aromatic N) is 3. The van der Waals surface area contributed by atoms with E-state index in [0.29, 0.717) is 0 Å². The van der Waals surface area contributed by atoms with Crippen molar-refractivity contribution in [2.75, 3.05) is 14.7 Å². The van der Waals surface area contributed by atoms with Crippen LogP contribution >= 0.6 is 11.3 Å². The molecule has 1 aromatic heterocycles. The minimum atomic E-state index is -0.407. The van der Waals surface area contributed by atoms with Crippen molar-refractivity contribution in [2.24, 2.45) is 0 Å². The van der Waals surface area contributed by atoms with Gasteiger partial charge in [0.05, 0.1) is 17.1 Å². The van der Waals surface area contributed by atoms with Gasteiger partial charge in [-0.25, -0.2) is 0 Å². The second-order valence-corrected chi connectivity index (χ2v) is 26.5. The Kier molecular flexibility index (Phi) is 9.69. The molecule has 0 unspecified atom stereocenters. The first-order chi connectivity index (χ1) is 34.6. The minimum absolute atomic E-state index is 0.00299. The fourth-order valence-corrected chi connectivity index (χ4v) is 14.4. The summed E-state index contributed by atoms with van der Waals surface area (Å²) in [5, 5.41) is 1.32. The number of para-hydroxylation sites is 2. The van der Waals surface area contributed by atoms with Gasteiger partial charge in [-0.1, -0.05) is 187 Å². The maximum absolute atomic E-state index is 2.74. The van der Waals surface area contributed by atoms with Gasteiger partial charge in [-0.15, -0.1) is 11.3 Å². The maximum atomic E-state index is 2.74. The van der Waals surface area contributed by atoms with E-state index in [0.717, 1.165) is 5.69 Å². The van der Waals surface area contributed by atoms with E-state index in [2.05, 4.69) is 269 Å². The SMILES string of the molecule is CC(C)(C)c1ccc(N2c3ccc(C(C)(C)C)cc3B3c4sc5cc6c(cc5c4N(c4ccc(C(C)(C)C)cc4)c4c3c2cc2c4C(C)(C)c3ccccc3N2c2ccccc2)-c2ccccc2C6(C)C)cc1. The molecule has 0 radical (unpaired) electrons. The van der Waals surface area contributed by atoms with Crippen LogP contribution in [0.25, 0.3) is 21.2 Å². The molecule has 4 heterocycles. The van der Waals surface area contributed by atoms with E-state index in [9.17, 15) is 0 Å². The molecule has 0 N–H and O–H groups in total. The van der Waals surface area contributed by atoms with Crippen LogP contribution in [0.5, 0.6) is 0 Å². The monoisotopic (exact) mass is 968 g/mol. The summed E-state index contributed by atoms with van der Waals surface area (Å²) in [4.78, 5) is 7.92. The summed E-state index contributed by atoms with van der Waals surface area (Å²) in [6.07, 6.45) is 0. The van der Waals surface area contributed by atoms with Crippen molar-refractivity contribution < 1.29 is 0 Å². The van der Waals surface area contributed by atoms with Crippen LogP contribution in [0, 0.1) is 0 Å². The summed E-state index contributed by atoms with van der Waals surface area (Å²) in [7, 11) is 0. The zero-order valence-corrected chi connectivity index (χ0v) is 45.7. The molecular formula is C68H66BN3S. The van der Waals surface area contributed by atoms with E-state index >= 15 is 0 Å². The van der Waals surface area contributed by atoms with Crippen molar-refractivity contribution >= 4 is 95.0 Å². The number of rotatable bonds is 3. The first-order valence-corrected chi connectivity index (χ1v) is 27.3. The average molecular weight is 968 g/mol. The minimum Gasteiger partial charge on any atom is -0.311 e. The lowest BCUT2D eigenvalue weighted by Crippen LogP contribution is -2.61. The molecule has 0 saturated heterocycles. The van der Waals surface area contributed by atoms with Gasteiger partial charge in [0.2, 0.25) is 0 Å². The second kappa shape index (κ2) is 15.4. The van der Waals surface area contributed by atoms with Crippen LogP contribution in [-0.2, 0) is 27.1 Å². The molecule has 1 aliphatic carbocycles. The Bertz CT molecular complexity index is 3740. The number of hydrogen-bond donors (Lipinski definition) is 0. The van der Waals surface area contributed by atoms with Crippen LogP contribution in [0.1, 0.15) is 129 Å². The van der Waals surface area contributed by atoms with Crippen LogP contribution < -0.4 is 30.4 Å². The Morgan fingerprint density at radius 2 is 0.959 bits per heavy atom. The standard InChI is InChI=1S/C68H66BN3S/c1-64(2,3)41-27-32-45(33-28-41)71-55-36-31-43(66(7,8)9)37-53(55)69-60-57(71)40-56-59(68(12,13)51-25-19-20-26-54(51)70(56)44-21-15-14-16-22-44)62(60)72(46-34-29-42(30-35-46)65(4,5)6)61-49-38-48-47-23-17-18-24-50(47)67(10,11)52(48)39-58(49)73-63(61)69/h14-40H,1-13H3. The van der Waals surface area contributed by atoms with Crippen LogP contribution in [-0.4, -0.2) is 6.71 Å². The predicted molar refractivity (Wildman–Crippen MR) is 316 cm³/mol. The molecule has 5 heteroatoms. The summed E-state index contributed by atoms with van der Waals surface area (Å²) in [5.74, 6) is 0. The maximum Gasteiger partial charge on any atom is 0.264 e. The number of anilines is 9. The molecule has 0 atom stereocenters. The normalized spacial score (nSPS) is 15.8. The highest BCUT2D eigenvalue weighted by molar-refractivity contribution is 7.33. The Labute approximate surface area is 438 Å². The summed E-state index contributed by atoms with van der Waals surface area (Å²) >= 11 is 2.02. The van der Waals surface area contributed by atoms with Crippen LogP contribution in [0.3, 0.4) is 0 Å². The van der Waals surface area contributed by atoms with Crippen LogP contribution in [0.15, 0.2) is 164 Å². The quantitative estimate of drug-likeness (QED) is 0.163. The highest BCUT2D eigenvalue weighted by atomic mass is 32.1. The first-order valence-electron chi connectivity index (χ1n) is 26.5. The van der Waals surface area contributed by atoms with Gasteiger partial charge in [-0.05, 0) is 138 Å². The fraction of sp³-hybridized carbons (Fsp3) is 0.265. The smallest absolute Gasteiger partial charge is 0.264 e. The molecule has 3 aliphatic heterocycles. The van der Waals surface area contributed by atoms with Gasteiger partial charge in [0.1, 0.15) is 0 Å². The van der Waals surface area contributed by atoms with Crippen LogP contribution in [0.2, 0.25) is 0 Å². The van der Waals surface area contributed by atoms with Crippen molar-refractivity contribution in [2.45, 2.75) is 117 Å². The number of hydrogen-bond acceptors (Lipinski definition) is 4. The number of benzene rings is 8. The molecule has 8 aromatic carbocycles. The average Bonchev–Trinajstić information content (AvgIpc) is 3.83. The molecular weight excluding hydrogens is 902 g/mol. The van der Waals surface area contributed by atoms with E-state index < -0.39 is 5.41 Å². The van der Waals surface area contributed by atoms with E-state index in [4.69, 9.17) is 0 Å². The van der Waals surface area contributed by atoms with Crippen molar-refractivity contribution in [3.8, 4) is 11.1 Å². The molecule has 0 saturated carbocycles. The summed E-state index contributed by atoms with van der Waals surface area (Å²) in [6.45, 7) is 30.8. The first kappa shape index (κ1) is 46.0. The molecule has 362 valence electrons.